The summed E-state index contributed by atoms with van der Waals surface area (Å²) < 4.78 is 23.9. The lowest BCUT2D eigenvalue weighted by atomic mass is 10.2. The lowest BCUT2D eigenvalue weighted by Crippen LogP contribution is -2.13. The zero-order chi connectivity index (χ0) is 21.6. The Morgan fingerprint density at radius 1 is 1.19 bits per heavy atom. The largest absolute Gasteiger partial charge is 0.411 e. The van der Waals surface area contributed by atoms with Crippen LogP contribution in [0.5, 0.6) is 0 Å². The molecule has 4 aromatic rings. The minimum atomic E-state index is -0.346. The van der Waals surface area contributed by atoms with Crippen molar-refractivity contribution in [3.63, 3.8) is 0 Å². The van der Waals surface area contributed by atoms with E-state index in [1.165, 1.54) is 30.0 Å². The highest BCUT2D eigenvalue weighted by Crippen LogP contribution is 2.24. The summed E-state index contributed by atoms with van der Waals surface area (Å²) in [6.07, 6.45) is 3.74. The predicted molar refractivity (Wildman–Crippen MR) is 109 cm³/mol. The van der Waals surface area contributed by atoms with Crippen LogP contribution in [0.4, 0.5) is 10.1 Å². The van der Waals surface area contributed by atoms with Crippen LogP contribution in [0.1, 0.15) is 23.7 Å². The molecule has 3 aromatic heterocycles. The molecule has 4 rings (SSSR count). The zero-order valence-corrected chi connectivity index (χ0v) is 17.2. The third kappa shape index (κ3) is 5.51. The lowest BCUT2D eigenvalue weighted by molar-refractivity contribution is -0.116. The smallest absolute Gasteiger partial charge is 0.277 e. The maximum absolute atomic E-state index is 13.1. The second-order valence-corrected chi connectivity index (χ2v) is 7.44. The van der Waals surface area contributed by atoms with Crippen LogP contribution in [0.25, 0.3) is 11.5 Å². The van der Waals surface area contributed by atoms with Gasteiger partial charge in [-0.3, -0.25) is 9.78 Å². The summed E-state index contributed by atoms with van der Waals surface area (Å²) in [5, 5.41) is 15.0. The molecular formula is C20H17FN6O3S. The van der Waals surface area contributed by atoms with E-state index in [0.29, 0.717) is 39.8 Å². The minimum Gasteiger partial charge on any atom is -0.411 e. The summed E-state index contributed by atoms with van der Waals surface area (Å²) in [5.41, 5.74) is 2.00. The number of amides is 1. The van der Waals surface area contributed by atoms with E-state index in [4.69, 9.17) is 8.94 Å². The van der Waals surface area contributed by atoms with Gasteiger partial charge in [0, 0.05) is 36.5 Å². The van der Waals surface area contributed by atoms with Crippen molar-refractivity contribution in [1.29, 1.82) is 0 Å². The fourth-order valence-corrected chi connectivity index (χ4v) is 3.26. The molecule has 0 spiro atoms. The van der Waals surface area contributed by atoms with Crippen LogP contribution < -0.4 is 5.32 Å². The highest BCUT2D eigenvalue weighted by atomic mass is 32.2. The molecule has 9 nitrogen and oxygen atoms in total. The average Bonchev–Trinajstić information content (AvgIpc) is 3.43. The molecule has 1 amide bonds. The van der Waals surface area contributed by atoms with Crippen molar-refractivity contribution >= 4 is 23.4 Å². The lowest BCUT2D eigenvalue weighted by Gasteiger charge is -2.07. The molecule has 158 valence electrons. The zero-order valence-electron chi connectivity index (χ0n) is 16.4. The molecule has 0 radical (unpaired) electrons. The summed E-state index contributed by atoms with van der Waals surface area (Å²) in [6, 6.07) is 7.75. The van der Waals surface area contributed by atoms with Crippen LogP contribution in [0.15, 0.2) is 56.9 Å². The molecule has 0 fully saturated rings. The number of halogens is 1. The Balaban J connectivity index is 1.26. The number of aromatic nitrogens is 5. The van der Waals surface area contributed by atoms with Gasteiger partial charge >= 0.3 is 0 Å². The molecule has 0 saturated heterocycles. The van der Waals surface area contributed by atoms with E-state index in [1.807, 2.05) is 0 Å². The third-order valence-electron chi connectivity index (χ3n) is 4.20. The van der Waals surface area contributed by atoms with Crippen LogP contribution in [0, 0.1) is 12.7 Å². The quantitative estimate of drug-likeness (QED) is 0.408. The average molecular weight is 440 g/mol. The van der Waals surface area contributed by atoms with E-state index in [9.17, 15) is 9.18 Å². The van der Waals surface area contributed by atoms with E-state index < -0.39 is 0 Å². The number of thioether (sulfide) groups is 1. The van der Waals surface area contributed by atoms with Crippen LogP contribution in [0.2, 0.25) is 0 Å². The molecule has 0 unspecified atom stereocenters. The number of rotatable bonds is 8. The Labute approximate surface area is 180 Å². The Morgan fingerprint density at radius 2 is 2.03 bits per heavy atom. The first-order chi connectivity index (χ1) is 15.1. The number of carbonyl (C=O) groups is 1. The molecular weight excluding hydrogens is 423 g/mol. The highest BCUT2D eigenvalue weighted by molar-refractivity contribution is 7.98. The van der Waals surface area contributed by atoms with Crippen molar-refractivity contribution in [2.45, 2.75) is 30.7 Å². The van der Waals surface area contributed by atoms with Gasteiger partial charge in [-0.15, -0.1) is 10.2 Å². The first-order valence-electron chi connectivity index (χ1n) is 9.31. The van der Waals surface area contributed by atoms with Crippen molar-refractivity contribution in [1.82, 2.24) is 25.3 Å². The highest BCUT2D eigenvalue weighted by Gasteiger charge is 2.13. The summed E-state index contributed by atoms with van der Waals surface area (Å²) in [7, 11) is 0. The van der Waals surface area contributed by atoms with Crippen LogP contribution in [-0.2, 0) is 17.0 Å². The van der Waals surface area contributed by atoms with Crippen molar-refractivity contribution in [2.75, 3.05) is 5.32 Å². The Hall–Kier alpha value is -3.60. The number of hydrogen-bond donors (Lipinski definition) is 1. The van der Waals surface area contributed by atoms with Gasteiger partial charge in [-0.2, -0.15) is 4.98 Å². The number of nitrogens with one attached hydrogen (secondary N) is 1. The van der Waals surface area contributed by atoms with Crippen molar-refractivity contribution in [2.24, 2.45) is 0 Å². The van der Waals surface area contributed by atoms with Crippen molar-refractivity contribution in [3.05, 3.63) is 65.8 Å². The fourth-order valence-electron chi connectivity index (χ4n) is 2.66. The molecule has 11 heteroatoms. The number of nitrogens with zero attached hydrogens (tertiary/aromatic N) is 5. The maximum Gasteiger partial charge on any atom is 0.277 e. The van der Waals surface area contributed by atoms with Crippen molar-refractivity contribution in [3.8, 4) is 11.5 Å². The minimum absolute atomic E-state index is 0.157. The van der Waals surface area contributed by atoms with E-state index in [0.717, 1.165) is 5.56 Å². The molecule has 0 atom stereocenters. The Kier molecular flexibility index (Phi) is 6.32. The molecule has 0 aliphatic carbocycles. The first kappa shape index (κ1) is 20.7. The number of hydrogen-bond acceptors (Lipinski definition) is 9. The van der Waals surface area contributed by atoms with Gasteiger partial charge in [-0.1, -0.05) is 16.9 Å². The number of anilines is 1. The summed E-state index contributed by atoms with van der Waals surface area (Å²) in [6.45, 7) is 1.73. The van der Waals surface area contributed by atoms with Gasteiger partial charge in [0.05, 0.1) is 5.75 Å². The molecule has 1 N–H and O–H groups in total. The maximum atomic E-state index is 13.1. The van der Waals surface area contributed by atoms with Crippen molar-refractivity contribution < 1.29 is 18.1 Å². The summed E-state index contributed by atoms with van der Waals surface area (Å²) in [5.74, 6) is 1.02. The number of pyridine rings is 1. The molecule has 1 aromatic carbocycles. The van der Waals surface area contributed by atoms with Gasteiger partial charge < -0.3 is 14.3 Å². The van der Waals surface area contributed by atoms with E-state index in [2.05, 4.69) is 30.6 Å². The Bertz CT molecular complexity index is 1180. The molecule has 31 heavy (non-hydrogen) atoms. The topological polar surface area (TPSA) is 120 Å². The monoisotopic (exact) mass is 440 g/mol. The SMILES string of the molecule is Cc1cc(F)ccc1NC(=O)CCc1nc(CSc2nnc(-c3ccncc3)o2)no1. The van der Waals surface area contributed by atoms with Gasteiger partial charge in [0.1, 0.15) is 5.82 Å². The molecule has 0 aliphatic heterocycles. The summed E-state index contributed by atoms with van der Waals surface area (Å²) >= 11 is 1.28. The number of carbonyl (C=O) groups excluding carboxylic acids is 1. The van der Waals surface area contributed by atoms with Gasteiger partial charge in [0.2, 0.25) is 17.7 Å². The second-order valence-electron chi connectivity index (χ2n) is 6.51. The van der Waals surface area contributed by atoms with Gasteiger partial charge in [0.15, 0.2) is 5.82 Å². The standard InChI is InChI=1S/C20H17FN6O3S/c1-12-10-14(21)2-3-15(12)23-17(28)4-5-18-24-16(27-30-18)11-31-20-26-25-19(29-20)13-6-8-22-9-7-13/h2-3,6-10H,4-5,11H2,1H3,(H,23,28). The Morgan fingerprint density at radius 3 is 2.84 bits per heavy atom. The summed E-state index contributed by atoms with van der Waals surface area (Å²) in [4.78, 5) is 20.4. The van der Waals surface area contributed by atoms with E-state index in [1.54, 1.807) is 31.5 Å². The van der Waals surface area contributed by atoms with Gasteiger partial charge in [-0.25, -0.2) is 4.39 Å². The predicted octanol–water partition coefficient (Wildman–Crippen LogP) is 3.83. The second kappa shape index (κ2) is 9.47. The molecule has 0 aliphatic rings. The first-order valence-corrected chi connectivity index (χ1v) is 10.3. The molecule has 3 heterocycles. The van der Waals surface area contributed by atoms with Crippen LogP contribution in [-0.4, -0.2) is 31.2 Å². The van der Waals surface area contributed by atoms with E-state index in [-0.39, 0.29) is 24.6 Å². The van der Waals surface area contributed by atoms with Crippen LogP contribution >= 0.6 is 11.8 Å². The molecule has 0 saturated carbocycles. The fraction of sp³-hybridized carbons (Fsp3) is 0.200. The van der Waals surface area contributed by atoms with E-state index >= 15 is 0 Å². The number of aryl methyl sites for hydroxylation is 2. The van der Waals surface area contributed by atoms with Gasteiger partial charge in [0.25, 0.3) is 5.22 Å². The normalized spacial score (nSPS) is 10.9. The van der Waals surface area contributed by atoms with Crippen LogP contribution in [0.3, 0.4) is 0 Å². The third-order valence-corrected chi connectivity index (χ3v) is 5.01. The van der Waals surface area contributed by atoms with Gasteiger partial charge in [-0.05, 0) is 42.8 Å². The number of benzene rings is 1. The molecule has 0 bridgehead atoms.